The van der Waals surface area contributed by atoms with Crippen LogP contribution in [0.15, 0.2) is 0 Å². The van der Waals surface area contributed by atoms with Crippen LogP contribution in [0.2, 0.25) is 0 Å². The second-order valence-corrected chi connectivity index (χ2v) is 4.65. The van der Waals surface area contributed by atoms with Gasteiger partial charge >= 0.3 is 0 Å². The van der Waals surface area contributed by atoms with Crippen LogP contribution in [0.4, 0.5) is 0 Å². The van der Waals surface area contributed by atoms with Gasteiger partial charge in [0.25, 0.3) is 0 Å². The van der Waals surface area contributed by atoms with Gasteiger partial charge in [0.2, 0.25) is 0 Å². The van der Waals surface area contributed by atoms with Gasteiger partial charge in [0, 0.05) is 38.8 Å². The summed E-state index contributed by atoms with van der Waals surface area (Å²) in [5.74, 6) is 0.648. The molecule has 0 radical (unpaired) electrons. The van der Waals surface area contributed by atoms with Crippen molar-refractivity contribution in [1.29, 1.82) is 0 Å². The zero-order valence-corrected chi connectivity index (χ0v) is 9.87. The van der Waals surface area contributed by atoms with Gasteiger partial charge in [-0.2, -0.15) is 0 Å². The van der Waals surface area contributed by atoms with Crippen LogP contribution in [0.5, 0.6) is 0 Å². The molecule has 0 saturated carbocycles. The average molecular weight is 199 g/mol. The van der Waals surface area contributed by atoms with Crippen LogP contribution in [-0.4, -0.2) is 55.6 Å². The molecule has 0 aromatic heterocycles. The van der Waals surface area contributed by atoms with Crippen LogP contribution in [0.1, 0.15) is 20.3 Å². The summed E-state index contributed by atoms with van der Waals surface area (Å²) >= 11 is 0. The number of nitrogens with zero attached hydrogens (tertiary/aromatic N) is 2. The van der Waals surface area contributed by atoms with Crippen molar-refractivity contribution in [3.8, 4) is 0 Å². The summed E-state index contributed by atoms with van der Waals surface area (Å²) in [5.41, 5.74) is 6.14. The van der Waals surface area contributed by atoms with E-state index in [9.17, 15) is 0 Å². The Bertz CT molecular complexity index is 153. The van der Waals surface area contributed by atoms with Crippen molar-refractivity contribution in [2.24, 2.45) is 11.7 Å². The molecule has 0 spiro atoms. The predicted molar refractivity (Wildman–Crippen MR) is 61.4 cm³/mol. The van der Waals surface area contributed by atoms with Crippen LogP contribution in [-0.2, 0) is 0 Å². The first-order valence-electron chi connectivity index (χ1n) is 5.80. The summed E-state index contributed by atoms with van der Waals surface area (Å²) in [6.45, 7) is 10.3. The second-order valence-electron chi connectivity index (χ2n) is 4.65. The van der Waals surface area contributed by atoms with Gasteiger partial charge in [0.15, 0.2) is 0 Å². The van der Waals surface area contributed by atoms with E-state index in [4.69, 9.17) is 5.73 Å². The molecule has 3 heteroatoms. The molecule has 1 heterocycles. The van der Waals surface area contributed by atoms with Crippen molar-refractivity contribution in [1.82, 2.24) is 9.80 Å². The molecule has 1 aliphatic rings. The Kier molecular flexibility index (Phi) is 4.85. The van der Waals surface area contributed by atoms with E-state index in [1.54, 1.807) is 0 Å². The van der Waals surface area contributed by atoms with Crippen LogP contribution >= 0.6 is 0 Å². The molecule has 2 atom stereocenters. The van der Waals surface area contributed by atoms with Crippen molar-refractivity contribution in [2.75, 3.05) is 39.8 Å². The molecule has 2 N–H and O–H groups in total. The summed E-state index contributed by atoms with van der Waals surface area (Å²) in [6, 6.07) is 0.350. The SMILES string of the molecule is CC[C@@H](C)[C@@H](N)CN1CCN(C)CC1. The molecule has 0 unspecified atom stereocenters. The second kappa shape index (κ2) is 5.69. The van der Waals surface area contributed by atoms with E-state index in [2.05, 4.69) is 30.7 Å². The minimum absolute atomic E-state index is 0.350. The third kappa shape index (κ3) is 3.56. The molecule has 0 bridgehead atoms. The molecule has 0 amide bonds. The molecule has 1 aliphatic heterocycles. The topological polar surface area (TPSA) is 32.5 Å². The summed E-state index contributed by atoms with van der Waals surface area (Å²) in [5, 5.41) is 0. The number of hydrogen-bond acceptors (Lipinski definition) is 3. The first-order valence-corrected chi connectivity index (χ1v) is 5.80. The lowest BCUT2D eigenvalue weighted by atomic mass is 9.99. The Balaban J connectivity index is 2.23. The van der Waals surface area contributed by atoms with Crippen molar-refractivity contribution < 1.29 is 0 Å². The fraction of sp³-hybridized carbons (Fsp3) is 1.00. The molecular formula is C11H25N3. The zero-order valence-electron chi connectivity index (χ0n) is 9.87. The summed E-state index contributed by atoms with van der Waals surface area (Å²) < 4.78 is 0. The highest BCUT2D eigenvalue weighted by molar-refractivity contribution is 4.76. The molecule has 0 aromatic rings. The van der Waals surface area contributed by atoms with Crippen molar-refractivity contribution in [3.05, 3.63) is 0 Å². The molecule has 0 aliphatic carbocycles. The maximum Gasteiger partial charge on any atom is 0.0193 e. The summed E-state index contributed by atoms with van der Waals surface area (Å²) in [6.07, 6.45) is 1.19. The molecule has 3 nitrogen and oxygen atoms in total. The molecule has 0 aromatic carbocycles. The number of likely N-dealkylation sites (N-methyl/N-ethyl adjacent to an activating group) is 1. The summed E-state index contributed by atoms with van der Waals surface area (Å²) in [4.78, 5) is 4.88. The average Bonchev–Trinajstić information content (AvgIpc) is 2.20. The standard InChI is InChI=1S/C11H25N3/c1-4-10(2)11(12)9-14-7-5-13(3)6-8-14/h10-11H,4-9,12H2,1-3H3/t10-,11+/m1/s1. The van der Waals surface area contributed by atoms with Gasteiger partial charge in [-0.15, -0.1) is 0 Å². The Hall–Kier alpha value is -0.120. The predicted octanol–water partition coefficient (Wildman–Crippen LogP) is 0.607. The lowest BCUT2D eigenvalue weighted by Crippen LogP contribution is -2.49. The highest BCUT2D eigenvalue weighted by Gasteiger charge is 2.18. The number of hydrogen-bond donors (Lipinski definition) is 1. The first kappa shape index (κ1) is 12.0. The smallest absolute Gasteiger partial charge is 0.0193 e. The minimum atomic E-state index is 0.350. The maximum atomic E-state index is 6.14. The molecule has 84 valence electrons. The van der Waals surface area contributed by atoms with Crippen molar-refractivity contribution >= 4 is 0 Å². The van der Waals surface area contributed by atoms with E-state index < -0.39 is 0 Å². The fourth-order valence-electron chi connectivity index (χ4n) is 1.81. The highest BCUT2D eigenvalue weighted by atomic mass is 15.2. The molecule has 1 rings (SSSR count). The van der Waals surface area contributed by atoms with Crippen molar-refractivity contribution in [2.45, 2.75) is 26.3 Å². The Morgan fingerprint density at radius 2 is 1.79 bits per heavy atom. The number of nitrogens with two attached hydrogens (primary N) is 1. The van der Waals surface area contributed by atoms with Crippen LogP contribution in [0.25, 0.3) is 0 Å². The van der Waals surface area contributed by atoms with E-state index in [1.807, 2.05) is 0 Å². The van der Waals surface area contributed by atoms with Gasteiger partial charge in [0.05, 0.1) is 0 Å². The van der Waals surface area contributed by atoms with Gasteiger partial charge in [-0.1, -0.05) is 20.3 Å². The van der Waals surface area contributed by atoms with Crippen LogP contribution in [0, 0.1) is 5.92 Å². The third-order valence-electron chi connectivity index (χ3n) is 3.44. The van der Waals surface area contributed by atoms with E-state index in [1.165, 1.54) is 32.6 Å². The minimum Gasteiger partial charge on any atom is -0.326 e. The normalized spacial score (nSPS) is 24.9. The van der Waals surface area contributed by atoms with E-state index >= 15 is 0 Å². The van der Waals surface area contributed by atoms with Gasteiger partial charge in [-0.3, -0.25) is 4.90 Å². The fourth-order valence-corrected chi connectivity index (χ4v) is 1.81. The monoisotopic (exact) mass is 199 g/mol. The first-order chi connectivity index (χ1) is 6.63. The molecular weight excluding hydrogens is 174 g/mol. The van der Waals surface area contributed by atoms with Crippen LogP contribution in [0.3, 0.4) is 0 Å². The van der Waals surface area contributed by atoms with Gasteiger partial charge in [-0.25, -0.2) is 0 Å². The van der Waals surface area contributed by atoms with E-state index in [0.29, 0.717) is 12.0 Å². The van der Waals surface area contributed by atoms with Crippen LogP contribution < -0.4 is 5.73 Å². The largest absolute Gasteiger partial charge is 0.326 e. The zero-order chi connectivity index (χ0) is 10.6. The highest BCUT2D eigenvalue weighted by Crippen LogP contribution is 2.08. The summed E-state index contributed by atoms with van der Waals surface area (Å²) in [7, 11) is 2.19. The molecule has 1 saturated heterocycles. The third-order valence-corrected chi connectivity index (χ3v) is 3.44. The Morgan fingerprint density at radius 3 is 2.29 bits per heavy atom. The lowest BCUT2D eigenvalue weighted by molar-refractivity contribution is 0.139. The van der Waals surface area contributed by atoms with Gasteiger partial charge < -0.3 is 10.6 Å². The lowest BCUT2D eigenvalue weighted by Gasteiger charge is -2.35. The molecule has 14 heavy (non-hydrogen) atoms. The van der Waals surface area contributed by atoms with Gasteiger partial charge in [-0.05, 0) is 13.0 Å². The molecule has 1 fully saturated rings. The van der Waals surface area contributed by atoms with E-state index in [0.717, 1.165) is 6.54 Å². The van der Waals surface area contributed by atoms with E-state index in [-0.39, 0.29) is 0 Å². The van der Waals surface area contributed by atoms with Crippen molar-refractivity contribution in [3.63, 3.8) is 0 Å². The number of piperazine rings is 1. The quantitative estimate of drug-likeness (QED) is 0.720. The Labute approximate surface area is 88.2 Å². The Morgan fingerprint density at radius 1 is 1.21 bits per heavy atom. The number of rotatable bonds is 4. The van der Waals surface area contributed by atoms with Gasteiger partial charge in [0.1, 0.15) is 0 Å². The maximum absolute atomic E-state index is 6.14.